The molecule has 1 N–H and O–H groups in total. The van der Waals surface area contributed by atoms with Crippen molar-refractivity contribution in [1.29, 1.82) is 0 Å². The molecular formula is C18H20F3NO. The van der Waals surface area contributed by atoms with Crippen LogP contribution in [0.1, 0.15) is 30.6 Å². The average Bonchev–Trinajstić information content (AvgIpc) is 2.54. The number of hydrogen-bond donors (Lipinski definition) is 1. The molecule has 0 spiro atoms. The van der Waals surface area contributed by atoms with Gasteiger partial charge < -0.3 is 10.1 Å². The molecule has 124 valence electrons. The molecule has 0 bridgehead atoms. The van der Waals surface area contributed by atoms with Gasteiger partial charge in [0.05, 0.1) is 5.56 Å². The van der Waals surface area contributed by atoms with E-state index in [-0.39, 0.29) is 6.10 Å². The summed E-state index contributed by atoms with van der Waals surface area (Å²) in [6.45, 7) is 3.66. The highest BCUT2D eigenvalue weighted by atomic mass is 19.4. The summed E-state index contributed by atoms with van der Waals surface area (Å²) in [5, 5.41) is 3.23. The van der Waals surface area contributed by atoms with E-state index >= 15 is 0 Å². The fourth-order valence-corrected chi connectivity index (χ4v) is 2.26. The monoisotopic (exact) mass is 323 g/mol. The summed E-state index contributed by atoms with van der Waals surface area (Å²) in [6.07, 6.45) is -3.80. The first kappa shape index (κ1) is 17.3. The molecule has 2 aromatic carbocycles. The van der Waals surface area contributed by atoms with Gasteiger partial charge in [-0.3, -0.25) is 0 Å². The summed E-state index contributed by atoms with van der Waals surface area (Å²) in [5.41, 5.74) is 0.332. The molecule has 0 amide bonds. The minimum Gasteiger partial charge on any atom is -0.486 e. The van der Waals surface area contributed by atoms with E-state index < -0.39 is 11.7 Å². The van der Waals surface area contributed by atoms with Crippen LogP contribution >= 0.6 is 0 Å². The van der Waals surface area contributed by atoms with Crippen LogP contribution in [-0.2, 0) is 6.18 Å². The van der Waals surface area contributed by atoms with Crippen molar-refractivity contribution >= 4 is 0 Å². The van der Waals surface area contributed by atoms with E-state index in [0.717, 1.165) is 37.2 Å². The van der Waals surface area contributed by atoms with Crippen LogP contribution in [0.15, 0.2) is 54.6 Å². The molecule has 0 aliphatic rings. The molecule has 0 heterocycles. The Labute approximate surface area is 134 Å². The predicted octanol–water partition coefficient (Wildman–Crippen LogP) is 4.83. The summed E-state index contributed by atoms with van der Waals surface area (Å²) in [7, 11) is 0. The van der Waals surface area contributed by atoms with Crippen LogP contribution in [0.25, 0.3) is 0 Å². The second-order valence-electron chi connectivity index (χ2n) is 5.18. The maximum atomic E-state index is 12.6. The maximum absolute atomic E-state index is 12.6. The van der Waals surface area contributed by atoms with Gasteiger partial charge in [0.25, 0.3) is 0 Å². The minimum atomic E-state index is -4.33. The molecule has 5 heteroatoms. The largest absolute Gasteiger partial charge is 0.486 e. The van der Waals surface area contributed by atoms with Crippen LogP contribution in [0, 0.1) is 0 Å². The number of hydrogen-bond acceptors (Lipinski definition) is 2. The fraction of sp³-hybridized carbons (Fsp3) is 0.333. The van der Waals surface area contributed by atoms with E-state index in [1.807, 2.05) is 37.3 Å². The van der Waals surface area contributed by atoms with Crippen LogP contribution < -0.4 is 10.1 Å². The van der Waals surface area contributed by atoms with Crippen molar-refractivity contribution in [3.05, 3.63) is 65.7 Å². The van der Waals surface area contributed by atoms with E-state index in [4.69, 9.17) is 4.74 Å². The second-order valence-corrected chi connectivity index (χ2v) is 5.18. The molecule has 2 nitrogen and oxygen atoms in total. The van der Waals surface area contributed by atoms with Gasteiger partial charge in [-0.2, -0.15) is 13.2 Å². The molecule has 0 saturated carbocycles. The van der Waals surface area contributed by atoms with Gasteiger partial charge in [-0.25, -0.2) is 0 Å². The lowest BCUT2D eigenvalue weighted by Gasteiger charge is -2.20. The zero-order valence-electron chi connectivity index (χ0n) is 12.9. The number of halogens is 3. The third-order valence-electron chi connectivity index (χ3n) is 3.46. The molecule has 0 aromatic heterocycles. The van der Waals surface area contributed by atoms with Crippen molar-refractivity contribution in [2.75, 3.05) is 13.1 Å². The molecular weight excluding hydrogens is 303 g/mol. The Morgan fingerprint density at radius 3 is 2.22 bits per heavy atom. The van der Waals surface area contributed by atoms with Crippen molar-refractivity contribution in [1.82, 2.24) is 5.32 Å². The van der Waals surface area contributed by atoms with Crippen molar-refractivity contribution in [3.63, 3.8) is 0 Å². The van der Waals surface area contributed by atoms with Gasteiger partial charge in [-0.05, 0) is 42.9 Å². The summed E-state index contributed by atoms with van der Waals surface area (Å²) in [4.78, 5) is 0. The first-order valence-corrected chi connectivity index (χ1v) is 7.60. The summed E-state index contributed by atoms with van der Waals surface area (Å²) < 4.78 is 43.7. The molecule has 0 unspecified atom stereocenters. The summed E-state index contributed by atoms with van der Waals surface area (Å²) >= 11 is 0. The van der Waals surface area contributed by atoms with Gasteiger partial charge in [-0.1, -0.05) is 37.3 Å². The molecule has 0 fully saturated rings. The van der Waals surface area contributed by atoms with Crippen molar-refractivity contribution in [3.8, 4) is 5.75 Å². The first-order valence-electron chi connectivity index (χ1n) is 7.60. The van der Waals surface area contributed by atoms with Crippen molar-refractivity contribution < 1.29 is 17.9 Å². The highest BCUT2D eigenvalue weighted by Gasteiger charge is 2.30. The normalized spacial score (nSPS) is 12.9. The molecule has 23 heavy (non-hydrogen) atoms. The molecule has 0 aliphatic heterocycles. The Bertz CT molecular complexity index is 581. The third-order valence-corrected chi connectivity index (χ3v) is 3.46. The van der Waals surface area contributed by atoms with Crippen molar-refractivity contribution in [2.24, 2.45) is 0 Å². The molecule has 1 atom stereocenters. The zero-order chi connectivity index (χ0) is 16.7. The van der Waals surface area contributed by atoms with Crippen molar-refractivity contribution in [2.45, 2.75) is 25.6 Å². The lowest BCUT2D eigenvalue weighted by Crippen LogP contribution is -2.19. The molecule has 0 radical (unpaired) electrons. The van der Waals surface area contributed by atoms with Crippen LogP contribution in [-0.4, -0.2) is 13.1 Å². The number of alkyl halides is 3. The summed E-state index contributed by atoms with van der Waals surface area (Å²) in [6, 6.07) is 14.5. The average molecular weight is 323 g/mol. The Morgan fingerprint density at radius 1 is 1.00 bits per heavy atom. The molecule has 0 aliphatic carbocycles. The number of benzene rings is 2. The second kappa shape index (κ2) is 8.02. The Hall–Kier alpha value is -2.01. The molecule has 0 saturated heterocycles. The highest BCUT2D eigenvalue weighted by Crippen LogP contribution is 2.31. The smallest absolute Gasteiger partial charge is 0.416 e. The van der Waals surface area contributed by atoms with E-state index in [2.05, 4.69) is 5.32 Å². The van der Waals surface area contributed by atoms with Crippen LogP contribution in [0.4, 0.5) is 13.2 Å². The number of rotatable bonds is 7. The van der Waals surface area contributed by atoms with Gasteiger partial charge in [0.1, 0.15) is 11.9 Å². The Balaban J connectivity index is 2.10. The maximum Gasteiger partial charge on any atom is 0.416 e. The quantitative estimate of drug-likeness (QED) is 0.737. The Morgan fingerprint density at radius 2 is 1.65 bits per heavy atom. The minimum absolute atomic E-state index is 0.202. The Kier molecular flexibility index (Phi) is 6.04. The van der Waals surface area contributed by atoms with E-state index in [1.54, 1.807) is 0 Å². The van der Waals surface area contributed by atoms with Gasteiger partial charge >= 0.3 is 6.18 Å². The third kappa shape index (κ3) is 5.28. The van der Waals surface area contributed by atoms with Crippen LogP contribution in [0.3, 0.4) is 0 Å². The standard InChI is InChI=1S/C18H20F3NO/c1-2-22-13-12-17(14-6-4-3-5-7-14)23-16-10-8-15(9-11-16)18(19,20)21/h3-11,17,22H,2,12-13H2,1H3/t17-/m1/s1. The van der Waals surface area contributed by atoms with Gasteiger partial charge in [0, 0.05) is 6.42 Å². The van der Waals surface area contributed by atoms with Gasteiger partial charge in [-0.15, -0.1) is 0 Å². The van der Waals surface area contributed by atoms with E-state index in [1.165, 1.54) is 12.1 Å². The molecule has 2 rings (SSSR count). The van der Waals surface area contributed by atoms with Crippen LogP contribution in [0.5, 0.6) is 5.75 Å². The highest BCUT2D eigenvalue weighted by molar-refractivity contribution is 5.30. The lowest BCUT2D eigenvalue weighted by atomic mass is 10.1. The molecule has 2 aromatic rings. The zero-order valence-corrected chi connectivity index (χ0v) is 12.9. The fourth-order valence-electron chi connectivity index (χ4n) is 2.26. The van der Waals surface area contributed by atoms with E-state index in [0.29, 0.717) is 5.75 Å². The number of ether oxygens (including phenoxy) is 1. The number of nitrogens with one attached hydrogen (secondary N) is 1. The van der Waals surface area contributed by atoms with Gasteiger partial charge in [0.2, 0.25) is 0 Å². The topological polar surface area (TPSA) is 21.3 Å². The van der Waals surface area contributed by atoms with Gasteiger partial charge in [0.15, 0.2) is 0 Å². The summed E-state index contributed by atoms with van der Waals surface area (Å²) in [5.74, 6) is 0.434. The first-order chi connectivity index (χ1) is 11.0. The van der Waals surface area contributed by atoms with Crippen LogP contribution in [0.2, 0.25) is 0 Å². The van der Waals surface area contributed by atoms with E-state index in [9.17, 15) is 13.2 Å². The predicted molar refractivity (Wildman–Crippen MR) is 84.4 cm³/mol. The SMILES string of the molecule is CCNCC[C@@H](Oc1ccc(C(F)(F)F)cc1)c1ccccc1. The lowest BCUT2D eigenvalue weighted by molar-refractivity contribution is -0.137.